The van der Waals surface area contributed by atoms with E-state index in [0.717, 1.165) is 51.4 Å². The van der Waals surface area contributed by atoms with Crippen molar-refractivity contribution in [3.05, 3.63) is 0 Å². The van der Waals surface area contributed by atoms with E-state index in [1.807, 2.05) is 6.92 Å². The number of nitrogens with one attached hydrogen (secondary N) is 1. The fourth-order valence-corrected chi connectivity index (χ4v) is 3.30. The first kappa shape index (κ1) is 22.7. The van der Waals surface area contributed by atoms with Gasteiger partial charge in [-0.2, -0.15) is 0 Å². The lowest BCUT2D eigenvalue weighted by Gasteiger charge is -2.34. The number of hydrogen-bond acceptors (Lipinski definition) is 4. The van der Waals surface area contributed by atoms with Crippen molar-refractivity contribution in [2.75, 3.05) is 53.4 Å². The summed E-state index contributed by atoms with van der Waals surface area (Å²) in [5.41, 5.74) is 0. The number of unbranched alkanes of at least 4 members (excludes halogenated alkanes) is 4. The molecule has 0 bridgehead atoms. The molecule has 1 fully saturated rings. The number of piperidine rings is 1. The van der Waals surface area contributed by atoms with Crippen molar-refractivity contribution in [1.29, 1.82) is 0 Å². The molecule has 0 radical (unpaired) electrons. The molecule has 1 N–H and O–H groups in total. The van der Waals surface area contributed by atoms with Gasteiger partial charge in [-0.15, -0.1) is 0 Å². The first-order valence-electron chi connectivity index (χ1n) is 10.4. The maximum atomic E-state index is 12.0. The maximum absolute atomic E-state index is 12.0. The average molecular weight is 369 g/mol. The van der Waals surface area contributed by atoms with Gasteiger partial charge in [-0.3, -0.25) is 9.79 Å². The number of guanidine groups is 1. The van der Waals surface area contributed by atoms with E-state index in [2.05, 4.69) is 36.1 Å². The van der Waals surface area contributed by atoms with E-state index in [0.29, 0.717) is 6.61 Å². The number of likely N-dealkylation sites (tertiary alicyclic amines) is 1. The van der Waals surface area contributed by atoms with Gasteiger partial charge in [-0.05, 0) is 60.2 Å². The van der Waals surface area contributed by atoms with Crippen LogP contribution >= 0.6 is 0 Å². The summed E-state index contributed by atoms with van der Waals surface area (Å²) in [6.07, 6.45) is 8.17. The van der Waals surface area contributed by atoms with Crippen molar-refractivity contribution in [3.8, 4) is 0 Å². The van der Waals surface area contributed by atoms with Crippen LogP contribution in [0, 0.1) is 5.92 Å². The van der Waals surface area contributed by atoms with Gasteiger partial charge >= 0.3 is 5.97 Å². The van der Waals surface area contributed by atoms with Gasteiger partial charge in [0, 0.05) is 26.2 Å². The molecule has 152 valence electrons. The smallest absolute Gasteiger partial charge is 0.310 e. The SMILES string of the molecule is CCNC(=NCCCCCCCN(C)C)N1CCCC(C(=O)OCC)C1. The number of carbonyl (C=O) groups is 1. The van der Waals surface area contributed by atoms with Crippen LogP contribution < -0.4 is 5.32 Å². The first-order valence-corrected chi connectivity index (χ1v) is 10.4. The second kappa shape index (κ2) is 13.8. The van der Waals surface area contributed by atoms with Gasteiger partial charge in [0.15, 0.2) is 5.96 Å². The summed E-state index contributed by atoms with van der Waals surface area (Å²) in [5.74, 6) is 0.865. The summed E-state index contributed by atoms with van der Waals surface area (Å²) in [6, 6.07) is 0. The first-order chi connectivity index (χ1) is 12.6. The third-order valence-corrected chi connectivity index (χ3v) is 4.70. The highest BCUT2D eigenvalue weighted by atomic mass is 16.5. The average Bonchev–Trinajstić information content (AvgIpc) is 2.63. The number of hydrogen-bond donors (Lipinski definition) is 1. The molecule has 0 aromatic rings. The molecule has 0 aromatic heterocycles. The van der Waals surface area contributed by atoms with E-state index < -0.39 is 0 Å². The molecule has 1 aliphatic heterocycles. The summed E-state index contributed by atoms with van der Waals surface area (Å²) in [5, 5.41) is 3.39. The highest BCUT2D eigenvalue weighted by molar-refractivity contribution is 5.81. The number of nitrogens with zero attached hydrogens (tertiary/aromatic N) is 3. The van der Waals surface area contributed by atoms with E-state index in [1.165, 1.54) is 32.2 Å². The Bertz CT molecular complexity index is 413. The third kappa shape index (κ3) is 9.41. The van der Waals surface area contributed by atoms with Crippen molar-refractivity contribution in [2.24, 2.45) is 10.9 Å². The Kier molecular flexibility index (Phi) is 12.1. The van der Waals surface area contributed by atoms with Gasteiger partial charge in [0.2, 0.25) is 0 Å². The Labute approximate surface area is 160 Å². The minimum Gasteiger partial charge on any atom is -0.466 e. The summed E-state index contributed by atoms with van der Waals surface area (Å²) >= 11 is 0. The fraction of sp³-hybridized carbons (Fsp3) is 0.900. The van der Waals surface area contributed by atoms with E-state index in [1.54, 1.807) is 0 Å². The van der Waals surface area contributed by atoms with Gasteiger partial charge in [-0.25, -0.2) is 0 Å². The highest BCUT2D eigenvalue weighted by Crippen LogP contribution is 2.18. The summed E-state index contributed by atoms with van der Waals surface area (Å²) in [7, 11) is 4.26. The quantitative estimate of drug-likeness (QED) is 0.263. The molecule has 1 rings (SSSR count). The van der Waals surface area contributed by atoms with Crippen LogP contribution in [0.15, 0.2) is 4.99 Å². The van der Waals surface area contributed by atoms with Gasteiger partial charge < -0.3 is 19.9 Å². The molecule has 0 saturated carbocycles. The second-order valence-corrected chi connectivity index (χ2v) is 7.34. The molecule has 1 heterocycles. The fourth-order valence-electron chi connectivity index (χ4n) is 3.30. The zero-order valence-corrected chi connectivity index (χ0v) is 17.4. The number of rotatable bonds is 11. The van der Waals surface area contributed by atoms with Gasteiger partial charge in [0.25, 0.3) is 0 Å². The Balaban J connectivity index is 2.36. The lowest BCUT2D eigenvalue weighted by Crippen LogP contribution is -2.48. The van der Waals surface area contributed by atoms with E-state index in [-0.39, 0.29) is 11.9 Å². The monoisotopic (exact) mass is 368 g/mol. The Morgan fingerprint density at radius 1 is 1.19 bits per heavy atom. The maximum Gasteiger partial charge on any atom is 0.310 e. The van der Waals surface area contributed by atoms with Crippen LogP contribution in [0.25, 0.3) is 0 Å². The normalized spacial score (nSPS) is 18.3. The van der Waals surface area contributed by atoms with E-state index >= 15 is 0 Å². The van der Waals surface area contributed by atoms with E-state index in [4.69, 9.17) is 9.73 Å². The van der Waals surface area contributed by atoms with Crippen molar-refractivity contribution in [1.82, 2.24) is 15.1 Å². The van der Waals surface area contributed by atoms with Crippen molar-refractivity contribution < 1.29 is 9.53 Å². The van der Waals surface area contributed by atoms with Crippen LogP contribution in [0.4, 0.5) is 0 Å². The highest BCUT2D eigenvalue weighted by Gasteiger charge is 2.28. The molecule has 0 amide bonds. The summed E-state index contributed by atoms with van der Waals surface area (Å²) < 4.78 is 5.20. The number of esters is 1. The third-order valence-electron chi connectivity index (χ3n) is 4.70. The number of carbonyl (C=O) groups excluding carboxylic acids is 1. The predicted octanol–water partition coefficient (Wildman–Crippen LogP) is 2.74. The van der Waals surface area contributed by atoms with Crippen molar-refractivity contribution in [3.63, 3.8) is 0 Å². The summed E-state index contributed by atoms with van der Waals surface area (Å²) in [4.78, 5) is 21.3. The Morgan fingerprint density at radius 3 is 2.62 bits per heavy atom. The molecule has 6 nitrogen and oxygen atoms in total. The molecule has 0 aliphatic carbocycles. The molecule has 1 aliphatic rings. The molecule has 1 atom stereocenters. The summed E-state index contributed by atoms with van der Waals surface area (Å²) in [6.45, 7) is 8.98. The van der Waals surface area contributed by atoms with Gasteiger partial charge in [0.1, 0.15) is 0 Å². The molecule has 26 heavy (non-hydrogen) atoms. The van der Waals surface area contributed by atoms with Crippen LogP contribution in [0.1, 0.15) is 58.8 Å². The van der Waals surface area contributed by atoms with Crippen LogP contribution in [0.3, 0.4) is 0 Å². The second-order valence-electron chi connectivity index (χ2n) is 7.34. The van der Waals surface area contributed by atoms with Crippen molar-refractivity contribution in [2.45, 2.75) is 58.8 Å². The van der Waals surface area contributed by atoms with Crippen LogP contribution in [0.2, 0.25) is 0 Å². The van der Waals surface area contributed by atoms with E-state index in [9.17, 15) is 4.79 Å². The molecular formula is C20H40N4O2. The van der Waals surface area contributed by atoms with Gasteiger partial charge in [-0.1, -0.05) is 19.3 Å². The Hall–Kier alpha value is -1.30. The molecule has 0 spiro atoms. The predicted molar refractivity (Wildman–Crippen MR) is 109 cm³/mol. The number of aliphatic imine (C=N–C) groups is 1. The molecule has 6 heteroatoms. The van der Waals surface area contributed by atoms with Crippen molar-refractivity contribution >= 4 is 11.9 Å². The Morgan fingerprint density at radius 2 is 1.92 bits per heavy atom. The molecule has 1 unspecified atom stereocenters. The molecular weight excluding hydrogens is 328 g/mol. The zero-order chi connectivity index (χ0) is 19.2. The largest absolute Gasteiger partial charge is 0.466 e. The lowest BCUT2D eigenvalue weighted by atomic mass is 9.98. The zero-order valence-electron chi connectivity index (χ0n) is 17.4. The van der Waals surface area contributed by atoms with Crippen LogP contribution in [0.5, 0.6) is 0 Å². The minimum absolute atomic E-state index is 0.0238. The lowest BCUT2D eigenvalue weighted by molar-refractivity contribution is -0.149. The van der Waals surface area contributed by atoms with Gasteiger partial charge in [0.05, 0.1) is 12.5 Å². The molecule has 0 aromatic carbocycles. The van der Waals surface area contributed by atoms with Crippen LogP contribution in [-0.4, -0.2) is 75.2 Å². The topological polar surface area (TPSA) is 57.2 Å². The van der Waals surface area contributed by atoms with Crippen LogP contribution in [-0.2, 0) is 9.53 Å². The standard InChI is InChI=1S/C20H40N4O2/c1-5-21-20(22-14-10-8-7-9-11-15-23(3)4)24-16-12-13-18(17-24)19(25)26-6-2/h18H,5-17H2,1-4H3,(H,21,22). The minimum atomic E-state index is -0.0641. The molecule has 1 saturated heterocycles. The number of ether oxygens (including phenoxy) is 1.